The van der Waals surface area contributed by atoms with Crippen molar-refractivity contribution < 1.29 is 9.59 Å². The number of carbonyl (C=O) groups is 2. The molecule has 0 spiro atoms. The fourth-order valence-electron chi connectivity index (χ4n) is 3.45. The van der Waals surface area contributed by atoms with E-state index in [0.29, 0.717) is 29.3 Å². The number of hydrogen-bond donors (Lipinski definition) is 2. The van der Waals surface area contributed by atoms with Crippen LogP contribution in [0.5, 0.6) is 0 Å². The summed E-state index contributed by atoms with van der Waals surface area (Å²) >= 11 is 0. The number of nitrogens with zero attached hydrogens (tertiary/aromatic N) is 4. The lowest BCUT2D eigenvalue weighted by molar-refractivity contribution is -0.122. The van der Waals surface area contributed by atoms with Crippen molar-refractivity contribution in [3.05, 3.63) is 63.7 Å². The van der Waals surface area contributed by atoms with Crippen molar-refractivity contribution >= 4 is 23.3 Å². The second-order valence-corrected chi connectivity index (χ2v) is 7.41. The number of aromatic amines is 1. The Labute approximate surface area is 172 Å². The quantitative estimate of drug-likeness (QED) is 0.687. The first-order valence-electron chi connectivity index (χ1n) is 9.64. The van der Waals surface area contributed by atoms with E-state index < -0.39 is 5.92 Å². The maximum Gasteiger partial charge on any atom is 0.255 e. The SMILES string of the molecule is Cc1cc(NC(=O)[C@H]2CC(=O)N(c3ccccc3)C2)n(-c2nc(C)c(C)c(=O)[nH]2)n1. The Balaban J connectivity index is 1.56. The zero-order chi connectivity index (χ0) is 21.4. The summed E-state index contributed by atoms with van der Waals surface area (Å²) in [6.07, 6.45) is 0.132. The van der Waals surface area contributed by atoms with Gasteiger partial charge in [0.2, 0.25) is 17.8 Å². The molecular weight excluding hydrogens is 384 g/mol. The van der Waals surface area contributed by atoms with Gasteiger partial charge in [-0.3, -0.25) is 19.4 Å². The van der Waals surface area contributed by atoms with E-state index in [2.05, 4.69) is 20.4 Å². The molecule has 0 saturated carbocycles. The van der Waals surface area contributed by atoms with Crippen LogP contribution in [-0.2, 0) is 9.59 Å². The number of aryl methyl sites for hydroxylation is 2. The van der Waals surface area contributed by atoms with Crippen LogP contribution in [-0.4, -0.2) is 38.1 Å². The van der Waals surface area contributed by atoms with E-state index in [4.69, 9.17) is 0 Å². The van der Waals surface area contributed by atoms with Gasteiger partial charge in [-0.25, -0.2) is 4.98 Å². The smallest absolute Gasteiger partial charge is 0.255 e. The molecule has 0 bridgehead atoms. The number of benzene rings is 1. The second-order valence-electron chi connectivity index (χ2n) is 7.41. The Morgan fingerprint density at radius 1 is 1.17 bits per heavy atom. The Morgan fingerprint density at radius 3 is 2.60 bits per heavy atom. The summed E-state index contributed by atoms with van der Waals surface area (Å²) in [5.74, 6) is -0.261. The van der Waals surface area contributed by atoms with Crippen molar-refractivity contribution in [1.29, 1.82) is 0 Å². The highest BCUT2D eigenvalue weighted by Gasteiger charge is 2.35. The highest BCUT2D eigenvalue weighted by molar-refractivity contribution is 6.03. The first-order valence-corrected chi connectivity index (χ1v) is 9.64. The van der Waals surface area contributed by atoms with Crippen molar-refractivity contribution in [3.63, 3.8) is 0 Å². The van der Waals surface area contributed by atoms with E-state index in [1.54, 1.807) is 31.7 Å². The Bertz CT molecular complexity index is 1180. The number of anilines is 2. The van der Waals surface area contributed by atoms with Crippen molar-refractivity contribution in [2.24, 2.45) is 5.92 Å². The molecule has 30 heavy (non-hydrogen) atoms. The number of H-pyrrole nitrogens is 1. The van der Waals surface area contributed by atoms with E-state index in [1.165, 1.54) is 4.68 Å². The van der Waals surface area contributed by atoms with Gasteiger partial charge in [-0.1, -0.05) is 18.2 Å². The fraction of sp³-hybridized carbons (Fsp3) is 0.286. The number of amides is 2. The molecule has 0 unspecified atom stereocenters. The Hall–Kier alpha value is -3.75. The van der Waals surface area contributed by atoms with Crippen LogP contribution in [0.1, 0.15) is 23.4 Å². The lowest BCUT2D eigenvalue weighted by atomic mass is 10.1. The van der Waals surface area contributed by atoms with Crippen LogP contribution in [0.25, 0.3) is 5.95 Å². The maximum absolute atomic E-state index is 12.9. The third-order valence-electron chi connectivity index (χ3n) is 5.23. The van der Waals surface area contributed by atoms with Crippen molar-refractivity contribution in [1.82, 2.24) is 19.7 Å². The van der Waals surface area contributed by atoms with E-state index >= 15 is 0 Å². The molecule has 1 aliphatic heterocycles. The average molecular weight is 406 g/mol. The van der Waals surface area contributed by atoms with Crippen LogP contribution in [0.15, 0.2) is 41.2 Å². The van der Waals surface area contributed by atoms with Crippen molar-refractivity contribution in [2.45, 2.75) is 27.2 Å². The minimum atomic E-state index is -0.492. The highest BCUT2D eigenvalue weighted by Crippen LogP contribution is 2.26. The molecule has 4 rings (SSSR count). The number of carbonyl (C=O) groups excluding carboxylic acids is 2. The molecule has 9 nitrogen and oxygen atoms in total. The summed E-state index contributed by atoms with van der Waals surface area (Å²) in [7, 11) is 0. The lowest BCUT2D eigenvalue weighted by Crippen LogP contribution is -2.29. The summed E-state index contributed by atoms with van der Waals surface area (Å²) in [4.78, 5) is 46.1. The van der Waals surface area contributed by atoms with E-state index in [9.17, 15) is 14.4 Å². The van der Waals surface area contributed by atoms with Gasteiger partial charge in [-0.2, -0.15) is 9.78 Å². The molecule has 1 saturated heterocycles. The normalized spacial score (nSPS) is 16.2. The number of aromatic nitrogens is 4. The van der Waals surface area contributed by atoms with Crippen LogP contribution < -0.4 is 15.8 Å². The molecule has 3 aromatic rings. The van der Waals surface area contributed by atoms with Crippen LogP contribution in [0.4, 0.5) is 11.5 Å². The molecular formula is C21H22N6O3. The van der Waals surface area contributed by atoms with Crippen molar-refractivity contribution in [3.8, 4) is 5.95 Å². The molecule has 2 N–H and O–H groups in total. The number of rotatable bonds is 4. The van der Waals surface area contributed by atoms with Gasteiger partial charge in [0, 0.05) is 36.0 Å². The molecule has 2 aromatic heterocycles. The molecule has 154 valence electrons. The topological polar surface area (TPSA) is 113 Å². The van der Waals surface area contributed by atoms with Crippen LogP contribution in [0.2, 0.25) is 0 Å². The van der Waals surface area contributed by atoms with Gasteiger partial charge in [0.15, 0.2) is 0 Å². The highest BCUT2D eigenvalue weighted by atomic mass is 16.2. The molecule has 1 aliphatic rings. The van der Waals surface area contributed by atoms with E-state index in [0.717, 1.165) is 5.69 Å². The summed E-state index contributed by atoms with van der Waals surface area (Å²) in [5, 5.41) is 7.18. The van der Waals surface area contributed by atoms with Gasteiger partial charge in [0.1, 0.15) is 5.82 Å². The van der Waals surface area contributed by atoms with E-state index in [-0.39, 0.29) is 29.7 Å². The average Bonchev–Trinajstić information content (AvgIpc) is 3.29. The van der Waals surface area contributed by atoms with Crippen LogP contribution in [0.3, 0.4) is 0 Å². The molecule has 0 radical (unpaired) electrons. The van der Waals surface area contributed by atoms with Gasteiger partial charge in [-0.05, 0) is 32.9 Å². The summed E-state index contributed by atoms with van der Waals surface area (Å²) in [6.45, 7) is 5.52. The first kappa shape index (κ1) is 19.6. The predicted octanol–water partition coefficient (Wildman–Crippen LogP) is 1.87. The predicted molar refractivity (Wildman–Crippen MR) is 112 cm³/mol. The molecule has 0 aliphatic carbocycles. The van der Waals surface area contributed by atoms with Gasteiger partial charge >= 0.3 is 0 Å². The minimum Gasteiger partial charge on any atom is -0.312 e. The number of para-hydroxylation sites is 1. The molecule has 9 heteroatoms. The fourth-order valence-corrected chi connectivity index (χ4v) is 3.45. The summed E-state index contributed by atoms with van der Waals surface area (Å²) < 4.78 is 1.40. The number of nitrogens with one attached hydrogen (secondary N) is 2. The zero-order valence-electron chi connectivity index (χ0n) is 17.0. The first-order chi connectivity index (χ1) is 14.3. The summed E-state index contributed by atoms with van der Waals surface area (Å²) in [5.41, 5.74) is 2.27. The second kappa shape index (κ2) is 7.58. The minimum absolute atomic E-state index is 0.0915. The molecule has 1 atom stereocenters. The third kappa shape index (κ3) is 3.61. The van der Waals surface area contributed by atoms with Gasteiger partial charge in [0.05, 0.1) is 11.6 Å². The van der Waals surface area contributed by atoms with Gasteiger partial charge in [-0.15, -0.1) is 0 Å². The van der Waals surface area contributed by atoms with Gasteiger partial charge in [0.25, 0.3) is 5.56 Å². The van der Waals surface area contributed by atoms with Crippen LogP contribution in [0, 0.1) is 26.7 Å². The summed E-state index contributed by atoms with van der Waals surface area (Å²) in [6, 6.07) is 11.0. The Kier molecular flexibility index (Phi) is 4.94. The van der Waals surface area contributed by atoms with Crippen LogP contribution >= 0.6 is 0 Å². The molecule has 2 amide bonds. The zero-order valence-corrected chi connectivity index (χ0v) is 17.0. The maximum atomic E-state index is 12.9. The molecule has 3 heterocycles. The monoisotopic (exact) mass is 406 g/mol. The third-order valence-corrected chi connectivity index (χ3v) is 5.23. The van der Waals surface area contributed by atoms with E-state index in [1.807, 2.05) is 30.3 Å². The number of hydrogen-bond acceptors (Lipinski definition) is 5. The standard InChI is InChI=1S/C21H22N6O3/c1-12-9-17(27(25-12)21-22-14(3)13(2)19(29)24-21)23-20(30)15-10-18(28)26(11-15)16-7-5-4-6-8-16/h4-9,15H,10-11H2,1-3H3,(H,23,30)(H,22,24,29)/t15-/m0/s1. The van der Waals surface area contributed by atoms with Gasteiger partial charge < -0.3 is 10.2 Å². The molecule has 1 aromatic carbocycles. The van der Waals surface area contributed by atoms with Crippen molar-refractivity contribution in [2.75, 3.05) is 16.8 Å². The Morgan fingerprint density at radius 2 is 1.90 bits per heavy atom. The lowest BCUT2D eigenvalue weighted by Gasteiger charge is -2.16. The largest absolute Gasteiger partial charge is 0.312 e. The molecule has 1 fully saturated rings.